The van der Waals surface area contributed by atoms with Gasteiger partial charge >= 0.3 is 0 Å². The molecule has 0 bridgehead atoms. The maximum absolute atomic E-state index is 11.9. The van der Waals surface area contributed by atoms with Crippen LogP contribution in [0, 0.1) is 0 Å². The molecule has 136 valence electrons. The molecule has 0 radical (unpaired) electrons. The Morgan fingerprint density at radius 1 is 1.15 bits per heavy atom. The molecule has 0 fully saturated rings. The number of allylic oxidation sites excluding steroid dienone is 2. The van der Waals surface area contributed by atoms with Gasteiger partial charge in [-0.05, 0) is 41.5 Å². The first kappa shape index (κ1) is 19.1. The third-order valence-corrected chi connectivity index (χ3v) is 3.63. The number of hydrogen-bond donors (Lipinski definition) is 4. The molecule has 1 atom stereocenters. The number of methoxy groups -OCH3 is 1. The van der Waals surface area contributed by atoms with Crippen molar-refractivity contribution in [3.05, 3.63) is 71.5 Å². The van der Waals surface area contributed by atoms with Crippen LogP contribution in [0.25, 0.3) is 6.08 Å². The highest BCUT2D eigenvalue weighted by Gasteiger charge is 2.12. The number of rotatable bonds is 7. The van der Waals surface area contributed by atoms with Gasteiger partial charge < -0.3 is 25.2 Å². The monoisotopic (exact) mass is 356 g/mol. The van der Waals surface area contributed by atoms with Gasteiger partial charge in [-0.1, -0.05) is 24.3 Å². The quantitative estimate of drug-likeness (QED) is 0.345. The van der Waals surface area contributed by atoms with Crippen LogP contribution in [0.4, 0.5) is 0 Å². The predicted molar refractivity (Wildman–Crippen MR) is 97.1 cm³/mol. The van der Waals surface area contributed by atoms with E-state index < -0.39 is 11.9 Å². The molecule has 0 aliphatic carbocycles. The summed E-state index contributed by atoms with van der Waals surface area (Å²) in [6, 6.07) is 10.5. The van der Waals surface area contributed by atoms with Crippen LogP contribution in [-0.4, -0.2) is 33.3 Å². The van der Waals surface area contributed by atoms with Crippen LogP contribution in [0.2, 0.25) is 0 Å². The van der Waals surface area contributed by atoms with Crippen LogP contribution >= 0.6 is 0 Å². The van der Waals surface area contributed by atoms with E-state index in [-0.39, 0.29) is 23.7 Å². The second-order valence-corrected chi connectivity index (χ2v) is 5.61. The lowest BCUT2D eigenvalue weighted by Crippen LogP contribution is -2.04. The molecule has 2 aromatic rings. The first-order chi connectivity index (χ1) is 12.4. The number of ketones is 1. The van der Waals surface area contributed by atoms with Crippen molar-refractivity contribution in [2.45, 2.75) is 12.5 Å². The lowest BCUT2D eigenvalue weighted by Gasteiger charge is -2.08. The maximum atomic E-state index is 11.9. The zero-order chi connectivity index (χ0) is 19.1. The summed E-state index contributed by atoms with van der Waals surface area (Å²) in [6.07, 6.45) is 2.68. The SMILES string of the molecule is COc1cc(/C=C/C(O)=C/C(=O)C[C@@H](O)c2ccc(O)cc2)ccc1O. The Kier molecular flexibility index (Phi) is 6.41. The Morgan fingerprint density at radius 2 is 1.85 bits per heavy atom. The predicted octanol–water partition coefficient (Wildman–Crippen LogP) is 3.25. The van der Waals surface area contributed by atoms with E-state index in [1.807, 2.05) is 0 Å². The van der Waals surface area contributed by atoms with Gasteiger partial charge in [0.15, 0.2) is 17.3 Å². The molecule has 0 amide bonds. The summed E-state index contributed by atoms with van der Waals surface area (Å²) in [5, 5.41) is 38.6. The topological polar surface area (TPSA) is 107 Å². The van der Waals surface area contributed by atoms with Gasteiger partial charge in [0.1, 0.15) is 11.5 Å². The molecule has 0 aromatic heterocycles. The summed E-state index contributed by atoms with van der Waals surface area (Å²) in [6.45, 7) is 0. The number of aliphatic hydroxyl groups is 2. The number of ether oxygens (including phenoxy) is 1. The number of aromatic hydroxyl groups is 2. The van der Waals surface area contributed by atoms with Crippen molar-refractivity contribution in [1.29, 1.82) is 0 Å². The minimum atomic E-state index is -1.03. The molecule has 0 heterocycles. The third-order valence-electron chi connectivity index (χ3n) is 3.63. The third kappa shape index (κ3) is 5.39. The molecule has 0 aliphatic rings. The Hall–Kier alpha value is -3.25. The fourth-order valence-electron chi connectivity index (χ4n) is 2.26. The van der Waals surface area contributed by atoms with Gasteiger partial charge in [0, 0.05) is 12.5 Å². The number of benzene rings is 2. The van der Waals surface area contributed by atoms with Gasteiger partial charge in [-0.2, -0.15) is 0 Å². The molecule has 0 spiro atoms. The van der Waals surface area contributed by atoms with Crippen molar-refractivity contribution in [2.75, 3.05) is 7.11 Å². The molecule has 0 unspecified atom stereocenters. The number of phenolic OH excluding ortho intramolecular Hbond substituents is 2. The van der Waals surface area contributed by atoms with E-state index in [1.54, 1.807) is 18.2 Å². The highest BCUT2D eigenvalue weighted by atomic mass is 16.5. The maximum Gasteiger partial charge on any atom is 0.162 e. The number of aliphatic hydroxyl groups excluding tert-OH is 2. The Labute approximate surface area is 150 Å². The molecule has 0 saturated heterocycles. The van der Waals surface area contributed by atoms with E-state index in [4.69, 9.17) is 4.74 Å². The largest absolute Gasteiger partial charge is 0.508 e. The Morgan fingerprint density at radius 3 is 2.50 bits per heavy atom. The molecule has 4 N–H and O–H groups in total. The second kappa shape index (κ2) is 8.73. The van der Waals surface area contributed by atoms with E-state index in [9.17, 15) is 25.2 Å². The van der Waals surface area contributed by atoms with Crippen molar-refractivity contribution < 1.29 is 30.0 Å². The summed E-state index contributed by atoms with van der Waals surface area (Å²) in [5.41, 5.74) is 1.16. The van der Waals surface area contributed by atoms with Crippen molar-refractivity contribution in [2.24, 2.45) is 0 Å². The van der Waals surface area contributed by atoms with Crippen molar-refractivity contribution >= 4 is 11.9 Å². The number of carbonyl (C=O) groups is 1. The normalized spacial score (nSPS) is 12.9. The summed E-state index contributed by atoms with van der Waals surface area (Å²) in [4.78, 5) is 11.9. The summed E-state index contributed by atoms with van der Waals surface area (Å²) < 4.78 is 4.99. The first-order valence-electron chi connectivity index (χ1n) is 7.84. The molecule has 6 heteroatoms. The van der Waals surface area contributed by atoms with Crippen LogP contribution in [0.5, 0.6) is 17.2 Å². The van der Waals surface area contributed by atoms with Gasteiger partial charge in [-0.15, -0.1) is 0 Å². The first-order valence-corrected chi connectivity index (χ1v) is 7.84. The smallest absolute Gasteiger partial charge is 0.162 e. The number of hydrogen-bond acceptors (Lipinski definition) is 6. The molecular formula is C20H20O6. The second-order valence-electron chi connectivity index (χ2n) is 5.61. The van der Waals surface area contributed by atoms with Crippen LogP contribution < -0.4 is 4.74 Å². The van der Waals surface area contributed by atoms with E-state index >= 15 is 0 Å². The van der Waals surface area contributed by atoms with Gasteiger partial charge in [0.25, 0.3) is 0 Å². The zero-order valence-corrected chi connectivity index (χ0v) is 14.2. The van der Waals surface area contributed by atoms with Gasteiger partial charge in [-0.3, -0.25) is 4.79 Å². The number of phenols is 2. The zero-order valence-electron chi connectivity index (χ0n) is 14.2. The minimum absolute atomic E-state index is 0.00260. The average molecular weight is 356 g/mol. The molecular weight excluding hydrogens is 336 g/mol. The molecule has 26 heavy (non-hydrogen) atoms. The summed E-state index contributed by atoms with van der Waals surface area (Å²) in [7, 11) is 1.43. The Bertz CT molecular complexity index is 821. The standard InChI is InChI=1S/C20H20O6/c1-26-20-10-13(3-9-18(20)24)2-6-16(22)11-17(23)12-19(25)14-4-7-15(21)8-5-14/h2-11,19,21-22,24-25H,12H2,1H3/b6-2+,16-11-/t19-/m1/s1. The lowest BCUT2D eigenvalue weighted by atomic mass is 10.0. The fourth-order valence-corrected chi connectivity index (χ4v) is 2.26. The van der Waals surface area contributed by atoms with Crippen molar-refractivity contribution in [3.63, 3.8) is 0 Å². The van der Waals surface area contributed by atoms with Crippen LogP contribution in [0.3, 0.4) is 0 Å². The molecule has 0 aliphatic heterocycles. The average Bonchev–Trinajstić information content (AvgIpc) is 2.61. The highest BCUT2D eigenvalue weighted by Crippen LogP contribution is 2.27. The highest BCUT2D eigenvalue weighted by molar-refractivity contribution is 5.91. The molecule has 2 aromatic carbocycles. The van der Waals surface area contributed by atoms with Crippen LogP contribution in [0.1, 0.15) is 23.7 Å². The summed E-state index contributed by atoms with van der Waals surface area (Å²) >= 11 is 0. The number of carbonyl (C=O) groups excluding carboxylic acids is 1. The minimum Gasteiger partial charge on any atom is -0.508 e. The fraction of sp³-hybridized carbons (Fsp3) is 0.150. The van der Waals surface area contributed by atoms with E-state index in [2.05, 4.69) is 0 Å². The molecule has 0 saturated carbocycles. The molecule has 2 rings (SSSR count). The van der Waals surface area contributed by atoms with Gasteiger partial charge in [0.05, 0.1) is 13.2 Å². The Balaban J connectivity index is 1.99. The van der Waals surface area contributed by atoms with E-state index in [0.29, 0.717) is 16.9 Å². The lowest BCUT2D eigenvalue weighted by molar-refractivity contribution is -0.116. The van der Waals surface area contributed by atoms with Crippen LogP contribution in [-0.2, 0) is 4.79 Å². The van der Waals surface area contributed by atoms with E-state index in [1.165, 1.54) is 43.5 Å². The van der Waals surface area contributed by atoms with Gasteiger partial charge in [-0.25, -0.2) is 0 Å². The summed E-state index contributed by atoms with van der Waals surface area (Å²) in [5.74, 6) is -0.344. The van der Waals surface area contributed by atoms with Crippen molar-refractivity contribution in [3.8, 4) is 17.2 Å². The van der Waals surface area contributed by atoms with E-state index in [0.717, 1.165) is 6.08 Å². The van der Waals surface area contributed by atoms with Gasteiger partial charge in [0.2, 0.25) is 0 Å². The van der Waals surface area contributed by atoms with Crippen molar-refractivity contribution in [1.82, 2.24) is 0 Å². The molecule has 6 nitrogen and oxygen atoms in total. The van der Waals surface area contributed by atoms with Crippen LogP contribution in [0.15, 0.2) is 60.4 Å².